The van der Waals surface area contributed by atoms with Gasteiger partial charge in [0.1, 0.15) is 0 Å². The summed E-state index contributed by atoms with van der Waals surface area (Å²) in [6.07, 6.45) is 0. The zero-order valence-corrected chi connectivity index (χ0v) is 11.7. The summed E-state index contributed by atoms with van der Waals surface area (Å²) in [7, 11) is 0. The first-order valence-corrected chi connectivity index (χ1v) is 6.13. The Morgan fingerprint density at radius 3 is 2.44 bits per heavy atom. The number of Topliss-reactive ketones (excluding diaryl/α,β-unsaturated/α-hetero) is 1. The largest absolute Gasteiger partial charge is 0.450 e. The molecule has 0 aliphatic heterocycles. The van der Waals surface area contributed by atoms with Gasteiger partial charge in [-0.05, 0) is 28.1 Å². The number of fused-ring (bicyclic) bond motifs is 1. The van der Waals surface area contributed by atoms with Crippen LogP contribution in [0.5, 0.6) is 0 Å². The van der Waals surface area contributed by atoms with Gasteiger partial charge in [-0.25, -0.2) is 4.39 Å². The lowest BCUT2D eigenvalue weighted by Crippen LogP contribution is -2.19. The number of ketones is 1. The van der Waals surface area contributed by atoms with E-state index >= 15 is 0 Å². The van der Waals surface area contributed by atoms with Crippen LogP contribution in [0.15, 0.2) is 21.0 Å². The van der Waals surface area contributed by atoms with E-state index in [0.29, 0.717) is 9.86 Å². The summed E-state index contributed by atoms with van der Waals surface area (Å²) in [5.41, 5.74) is -0.885. The molecule has 5 heteroatoms. The molecule has 96 valence electrons. The zero-order chi connectivity index (χ0) is 13.7. The molecule has 0 radical (unpaired) electrons. The number of halogens is 3. The highest BCUT2D eigenvalue weighted by molar-refractivity contribution is 9.10. The molecular formula is C13H11BrF2O2. The first-order valence-electron chi connectivity index (χ1n) is 5.33. The van der Waals surface area contributed by atoms with Gasteiger partial charge < -0.3 is 4.42 Å². The second-order valence-electron chi connectivity index (χ2n) is 5.09. The van der Waals surface area contributed by atoms with Crippen molar-refractivity contribution in [3.05, 3.63) is 34.0 Å². The van der Waals surface area contributed by atoms with Gasteiger partial charge in [0.25, 0.3) is 0 Å². The first kappa shape index (κ1) is 13.2. The zero-order valence-electron chi connectivity index (χ0n) is 10.1. The van der Waals surface area contributed by atoms with Crippen LogP contribution in [0.3, 0.4) is 0 Å². The Morgan fingerprint density at radius 1 is 1.28 bits per heavy atom. The third-order valence-electron chi connectivity index (χ3n) is 2.56. The number of carbonyl (C=O) groups is 1. The van der Waals surface area contributed by atoms with Crippen LogP contribution in [0.1, 0.15) is 31.3 Å². The van der Waals surface area contributed by atoms with Crippen molar-refractivity contribution in [3.63, 3.8) is 0 Å². The molecule has 0 atom stereocenters. The summed E-state index contributed by atoms with van der Waals surface area (Å²) in [5, 5.41) is 0.349. The normalized spacial score (nSPS) is 12.1. The van der Waals surface area contributed by atoms with Gasteiger partial charge in [-0.3, -0.25) is 4.79 Å². The van der Waals surface area contributed by atoms with Gasteiger partial charge in [0, 0.05) is 15.3 Å². The standard InChI is InChI=1S/C13H11BrF2O2/c1-13(2,3)12(17)9-4-6-7(14)5-8(15)10(16)11(6)18-9/h4-5H,1-3H3. The molecule has 0 N–H and O–H groups in total. The van der Waals surface area contributed by atoms with Gasteiger partial charge >= 0.3 is 0 Å². The average Bonchev–Trinajstić information content (AvgIpc) is 2.69. The Labute approximate surface area is 111 Å². The minimum atomic E-state index is -1.08. The van der Waals surface area contributed by atoms with E-state index in [1.165, 1.54) is 6.07 Å². The second kappa shape index (κ2) is 4.16. The van der Waals surface area contributed by atoms with Crippen LogP contribution in [0.4, 0.5) is 8.78 Å². The van der Waals surface area contributed by atoms with Gasteiger partial charge in [0.05, 0.1) is 0 Å². The lowest BCUT2D eigenvalue weighted by molar-refractivity contribution is 0.0830. The second-order valence-corrected chi connectivity index (χ2v) is 5.94. The molecule has 0 amide bonds. The number of rotatable bonds is 1. The van der Waals surface area contributed by atoms with E-state index < -0.39 is 17.0 Å². The topological polar surface area (TPSA) is 30.2 Å². The number of carbonyl (C=O) groups excluding carboxylic acids is 1. The predicted octanol–water partition coefficient (Wildman–Crippen LogP) is 4.70. The maximum atomic E-state index is 13.6. The maximum Gasteiger partial charge on any atom is 0.203 e. The van der Waals surface area contributed by atoms with Gasteiger partial charge in [0.15, 0.2) is 17.2 Å². The van der Waals surface area contributed by atoms with Gasteiger partial charge in [-0.15, -0.1) is 0 Å². The molecule has 0 bridgehead atoms. The molecule has 0 fully saturated rings. The Bertz CT molecular complexity index is 638. The number of hydrogen-bond donors (Lipinski definition) is 0. The quantitative estimate of drug-likeness (QED) is 0.563. The van der Waals surface area contributed by atoms with E-state index in [2.05, 4.69) is 15.9 Å². The summed E-state index contributed by atoms with van der Waals surface area (Å²) in [4.78, 5) is 12.0. The highest BCUT2D eigenvalue weighted by Gasteiger charge is 2.27. The number of benzene rings is 1. The first-order chi connectivity index (χ1) is 8.21. The fraction of sp³-hybridized carbons (Fsp3) is 0.308. The van der Waals surface area contributed by atoms with Crippen LogP contribution in [-0.4, -0.2) is 5.78 Å². The molecule has 0 aliphatic rings. The van der Waals surface area contributed by atoms with Crippen molar-refractivity contribution < 1.29 is 18.0 Å². The molecule has 2 rings (SSSR count). The molecule has 1 aromatic carbocycles. The molecule has 0 unspecified atom stereocenters. The molecule has 0 aliphatic carbocycles. The molecule has 0 spiro atoms. The van der Waals surface area contributed by atoms with Crippen LogP contribution in [0.2, 0.25) is 0 Å². The van der Waals surface area contributed by atoms with Gasteiger partial charge in [-0.2, -0.15) is 4.39 Å². The van der Waals surface area contributed by atoms with Crippen LogP contribution >= 0.6 is 15.9 Å². The van der Waals surface area contributed by atoms with E-state index in [-0.39, 0.29) is 17.1 Å². The highest BCUT2D eigenvalue weighted by Crippen LogP contribution is 2.33. The van der Waals surface area contributed by atoms with Crippen molar-refractivity contribution in [1.82, 2.24) is 0 Å². The van der Waals surface area contributed by atoms with Crippen LogP contribution in [0, 0.1) is 17.0 Å². The monoisotopic (exact) mass is 316 g/mol. The third-order valence-corrected chi connectivity index (χ3v) is 3.21. The van der Waals surface area contributed by atoms with Crippen molar-refractivity contribution in [3.8, 4) is 0 Å². The predicted molar refractivity (Wildman–Crippen MR) is 67.6 cm³/mol. The minimum Gasteiger partial charge on any atom is -0.450 e. The SMILES string of the molecule is CC(C)(C)C(=O)c1cc2c(Br)cc(F)c(F)c2o1. The van der Waals surface area contributed by atoms with E-state index in [1.54, 1.807) is 20.8 Å². The Morgan fingerprint density at radius 2 is 1.89 bits per heavy atom. The van der Waals surface area contributed by atoms with E-state index in [1.807, 2.05) is 0 Å². The highest BCUT2D eigenvalue weighted by atomic mass is 79.9. The van der Waals surface area contributed by atoms with Crippen molar-refractivity contribution in [2.24, 2.45) is 5.41 Å². The number of hydrogen-bond acceptors (Lipinski definition) is 2. The third kappa shape index (κ3) is 2.07. The van der Waals surface area contributed by atoms with E-state index in [9.17, 15) is 13.6 Å². The van der Waals surface area contributed by atoms with Crippen LogP contribution < -0.4 is 0 Å². The molecule has 2 aromatic rings. The maximum absolute atomic E-state index is 13.6. The molecule has 18 heavy (non-hydrogen) atoms. The summed E-state index contributed by atoms with van der Waals surface area (Å²) >= 11 is 3.12. The van der Waals surface area contributed by atoms with E-state index in [4.69, 9.17) is 4.42 Å². The summed E-state index contributed by atoms with van der Waals surface area (Å²) in [5.74, 6) is -2.33. The summed E-state index contributed by atoms with van der Waals surface area (Å²) < 4.78 is 32.3. The molecular weight excluding hydrogens is 306 g/mol. The molecule has 2 nitrogen and oxygen atoms in total. The summed E-state index contributed by atoms with van der Waals surface area (Å²) in [6, 6.07) is 2.44. The Kier molecular flexibility index (Phi) is 3.05. The Balaban J connectivity index is 2.68. The van der Waals surface area contributed by atoms with Crippen molar-refractivity contribution in [2.45, 2.75) is 20.8 Å². The number of furan rings is 1. The smallest absolute Gasteiger partial charge is 0.203 e. The van der Waals surface area contributed by atoms with Crippen LogP contribution in [0.25, 0.3) is 11.0 Å². The van der Waals surface area contributed by atoms with Crippen LogP contribution in [-0.2, 0) is 0 Å². The van der Waals surface area contributed by atoms with Crippen molar-refractivity contribution in [1.29, 1.82) is 0 Å². The fourth-order valence-electron chi connectivity index (χ4n) is 1.57. The molecule has 0 saturated carbocycles. The Hall–Kier alpha value is -1.23. The lowest BCUT2D eigenvalue weighted by Gasteiger charge is -2.13. The lowest BCUT2D eigenvalue weighted by atomic mass is 9.89. The van der Waals surface area contributed by atoms with Crippen molar-refractivity contribution >= 4 is 32.7 Å². The van der Waals surface area contributed by atoms with Gasteiger partial charge in [0.2, 0.25) is 11.6 Å². The van der Waals surface area contributed by atoms with E-state index in [0.717, 1.165) is 6.07 Å². The van der Waals surface area contributed by atoms with Crippen molar-refractivity contribution in [2.75, 3.05) is 0 Å². The summed E-state index contributed by atoms with van der Waals surface area (Å²) in [6.45, 7) is 5.19. The minimum absolute atomic E-state index is 0.0303. The van der Waals surface area contributed by atoms with Gasteiger partial charge in [-0.1, -0.05) is 20.8 Å². The molecule has 1 aromatic heterocycles. The average molecular weight is 317 g/mol. The molecule has 0 saturated heterocycles. The fourth-order valence-corrected chi connectivity index (χ4v) is 2.07. The molecule has 1 heterocycles.